The standard InChI is InChI=1S/C21H27ClN2O4S/c1-5-20(24(29(4,26)27)18-11-9-17(22)10-12-18)21(25)23-15(3)16-7-13-19(14-8-16)28-6-2/h7-15,20H,5-6H2,1-4H3,(H,23,25)/t15-,20+/m1/s1. The number of carbonyl (C=O) groups excluding carboxylic acids is 1. The second kappa shape index (κ2) is 9.98. The van der Waals surface area contributed by atoms with Crippen molar-refractivity contribution < 1.29 is 17.9 Å². The van der Waals surface area contributed by atoms with Crippen molar-refractivity contribution in [2.75, 3.05) is 17.2 Å². The number of sulfonamides is 1. The van der Waals surface area contributed by atoms with E-state index in [-0.39, 0.29) is 11.9 Å². The second-order valence-corrected chi connectivity index (χ2v) is 8.99. The van der Waals surface area contributed by atoms with Crippen LogP contribution in [-0.4, -0.2) is 33.2 Å². The van der Waals surface area contributed by atoms with Gasteiger partial charge in [0.15, 0.2) is 0 Å². The number of amides is 1. The Morgan fingerprint density at radius 1 is 1.10 bits per heavy atom. The largest absolute Gasteiger partial charge is 0.494 e. The van der Waals surface area contributed by atoms with Crippen LogP contribution in [0.5, 0.6) is 5.75 Å². The van der Waals surface area contributed by atoms with Crippen molar-refractivity contribution >= 4 is 33.2 Å². The highest BCUT2D eigenvalue weighted by Crippen LogP contribution is 2.25. The molecular formula is C21H27ClN2O4S. The molecule has 0 bridgehead atoms. The summed E-state index contributed by atoms with van der Waals surface area (Å²) < 4.78 is 31.5. The molecule has 2 aromatic rings. The average Bonchev–Trinajstić information content (AvgIpc) is 2.66. The first kappa shape index (κ1) is 23.0. The van der Waals surface area contributed by atoms with E-state index in [4.69, 9.17) is 16.3 Å². The lowest BCUT2D eigenvalue weighted by Crippen LogP contribution is -2.49. The van der Waals surface area contributed by atoms with Gasteiger partial charge in [0.25, 0.3) is 0 Å². The minimum Gasteiger partial charge on any atom is -0.494 e. The first-order valence-corrected chi connectivity index (χ1v) is 11.7. The molecule has 2 atom stereocenters. The third kappa shape index (κ3) is 6.11. The van der Waals surface area contributed by atoms with Gasteiger partial charge >= 0.3 is 0 Å². The molecule has 0 aliphatic carbocycles. The van der Waals surface area contributed by atoms with Gasteiger partial charge in [-0.2, -0.15) is 0 Å². The van der Waals surface area contributed by atoms with Crippen LogP contribution in [-0.2, 0) is 14.8 Å². The van der Waals surface area contributed by atoms with Gasteiger partial charge in [-0.25, -0.2) is 8.42 Å². The summed E-state index contributed by atoms with van der Waals surface area (Å²) in [6, 6.07) is 12.7. The fraction of sp³-hybridized carbons (Fsp3) is 0.381. The molecule has 2 rings (SSSR count). The lowest BCUT2D eigenvalue weighted by Gasteiger charge is -2.31. The maximum atomic E-state index is 13.0. The SMILES string of the molecule is CCOc1ccc([C@@H](C)NC(=O)[C@H](CC)N(c2ccc(Cl)cc2)S(C)(=O)=O)cc1. The molecule has 0 aliphatic heterocycles. The molecule has 0 saturated heterocycles. The molecule has 0 saturated carbocycles. The summed E-state index contributed by atoms with van der Waals surface area (Å²) >= 11 is 5.92. The highest BCUT2D eigenvalue weighted by atomic mass is 35.5. The van der Waals surface area contributed by atoms with Gasteiger partial charge in [0.1, 0.15) is 11.8 Å². The fourth-order valence-corrected chi connectivity index (χ4v) is 4.40. The number of halogens is 1. The van der Waals surface area contributed by atoms with E-state index in [1.54, 1.807) is 31.2 Å². The van der Waals surface area contributed by atoms with Gasteiger partial charge in [-0.15, -0.1) is 0 Å². The van der Waals surface area contributed by atoms with Gasteiger partial charge in [0.05, 0.1) is 24.6 Å². The third-order valence-electron chi connectivity index (χ3n) is 4.46. The van der Waals surface area contributed by atoms with E-state index in [0.29, 0.717) is 23.7 Å². The summed E-state index contributed by atoms with van der Waals surface area (Å²) in [6.07, 6.45) is 1.41. The summed E-state index contributed by atoms with van der Waals surface area (Å²) in [5.41, 5.74) is 1.29. The summed E-state index contributed by atoms with van der Waals surface area (Å²) in [5, 5.41) is 3.41. The lowest BCUT2D eigenvalue weighted by molar-refractivity contribution is -0.122. The van der Waals surface area contributed by atoms with Crippen LogP contribution in [0.2, 0.25) is 5.02 Å². The van der Waals surface area contributed by atoms with Crippen LogP contribution in [0.15, 0.2) is 48.5 Å². The van der Waals surface area contributed by atoms with Crippen molar-refractivity contribution in [1.29, 1.82) is 0 Å². The van der Waals surface area contributed by atoms with E-state index in [1.165, 1.54) is 0 Å². The van der Waals surface area contributed by atoms with E-state index in [0.717, 1.165) is 21.9 Å². The molecular weight excluding hydrogens is 412 g/mol. The number of anilines is 1. The van der Waals surface area contributed by atoms with Crippen molar-refractivity contribution in [2.24, 2.45) is 0 Å². The zero-order chi connectivity index (χ0) is 21.6. The van der Waals surface area contributed by atoms with Gasteiger partial charge in [-0.1, -0.05) is 30.7 Å². The van der Waals surface area contributed by atoms with Crippen molar-refractivity contribution in [1.82, 2.24) is 5.32 Å². The molecule has 0 aromatic heterocycles. The number of hydrogen-bond acceptors (Lipinski definition) is 4. The number of ether oxygens (including phenoxy) is 1. The van der Waals surface area contributed by atoms with Gasteiger partial charge in [0, 0.05) is 5.02 Å². The quantitative estimate of drug-likeness (QED) is 0.637. The number of carbonyl (C=O) groups is 1. The zero-order valence-electron chi connectivity index (χ0n) is 17.1. The van der Waals surface area contributed by atoms with Gasteiger partial charge < -0.3 is 10.1 Å². The first-order chi connectivity index (χ1) is 13.7. The van der Waals surface area contributed by atoms with Gasteiger partial charge in [-0.05, 0) is 62.2 Å². The van der Waals surface area contributed by atoms with E-state index in [2.05, 4.69) is 5.32 Å². The normalized spacial score (nSPS) is 13.4. The van der Waals surface area contributed by atoms with Crippen molar-refractivity contribution in [2.45, 2.75) is 39.3 Å². The van der Waals surface area contributed by atoms with Crippen LogP contribution in [0.1, 0.15) is 38.8 Å². The summed E-state index contributed by atoms with van der Waals surface area (Å²) in [4.78, 5) is 13.0. The number of benzene rings is 2. The number of rotatable bonds is 9. The monoisotopic (exact) mass is 438 g/mol. The predicted octanol–water partition coefficient (Wildman–Crippen LogP) is 4.16. The lowest BCUT2D eigenvalue weighted by atomic mass is 10.1. The second-order valence-electron chi connectivity index (χ2n) is 6.69. The molecule has 158 valence electrons. The Balaban J connectivity index is 2.23. The minimum atomic E-state index is -3.69. The molecule has 1 N–H and O–H groups in total. The van der Waals surface area contributed by atoms with Crippen LogP contribution < -0.4 is 14.4 Å². The van der Waals surface area contributed by atoms with E-state index in [1.807, 2.05) is 38.1 Å². The highest BCUT2D eigenvalue weighted by Gasteiger charge is 2.32. The molecule has 2 aromatic carbocycles. The maximum Gasteiger partial charge on any atom is 0.244 e. The Hall–Kier alpha value is -2.25. The van der Waals surface area contributed by atoms with E-state index < -0.39 is 16.1 Å². The molecule has 0 radical (unpaired) electrons. The van der Waals surface area contributed by atoms with Crippen LogP contribution in [0, 0.1) is 0 Å². The Labute approximate surface area is 177 Å². The van der Waals surface area contributed by atoms with E-state index >= 15 is 0 Å². The van der Waals surface area contributed by atoms with Gasteiger partial charge in [0.2, 0.25) is 15.9 Å². The smallest absolute Gasteiger partial charge is 0.244 e. The summed E-state index contributed by atoms with van der Waals surface area (Å²) in [5.74, 6) is 0.390. The maximum absolute atomic E-state index is 13.0. The fourth-order valence-electron chi connectivity index (χ4n) is 3.06. The molecule has 8 heteroatoms. The Bertz CT molecular complexity index is 915. The first-order valence-electron chi connectivity index (χ1n) is 9.45. The van der Waals surface area contributed by atoms with Crippen LogP contribution in [0.25, 0.3) is 0 Å². The number of hydrogen-bond donors (Lipinski definition) is 1. The van der Waals surface area contributed by atoms with Crippen molar-refractivity contribution in [3.63, 3.8) is 0 Å². The molecule has 0 aliphatic rings. The van der Waals surface area contributed by atoms with Crippen LogP contribution in [0.4, 0.5) is 5.69 Å². The molecule has 0 unspecified atom stereocenters. The van der Waals surface area contributed by atoms with Crippen molar-refractivity contribution in [3.05, 3.63) is 59.1 Å². The molecule has 6 nitrogen and oxygen atoms in total. The molecule has 1 amide bonds. The molecule has 29 heavy (non-hydrogen) atoms. The Morgan fingerprint density at radius 2 is 1.69 bits per heavy atom. The zero-order valence-corrected chi connectivity index (χ0v) is 18.6. The highest BCUT2D eigenvalue weighted by molar-refractivity contribution is 7.92. The average molecular weight is 439 g/mol. The number of nitrogens with zero attached hydrogens (tertiary/aromatic N) is 1. The Morgan fingerprint density at radius 3 is 2.17 bits per heavy atom. The predicted molar refractivity (Wildman–Crippen MR) is 117 cm³/mol. The van der Waals surface area contributed by atoms with Crippen LogP contribution >= 0.6 is 11.6 Å². The summed E-state index contributed by atoms with van der Waals surface area (Å²) in [6.45, 7) is 6.12. The topological polar surface area (TPSA) is 75.7 Å². The summed E-state index contributed by atoms with van der Waals surface area (Å²) in [7, 11) is -3.69. The molecule has 0 fully saturated rings. The van der Waals surface area contributed by atoms with Crippen molar-refractivity contribution in [3.8, 4) is 5.75 Å². The number of nitrogens with one attached hydrogen (secondary N) is 1. The minimum absolute atomic E-state index is 0.293. The van der Waals surface area contributed by atoms with Crippen LogP contribution in [0.3, 0.4) is 0 Å². The molecule has 0 spiro atoms. The molecule has 0 heterocycles. The van der Waals surface area contributed by atoms with E-state index in [9.17, 15) is 13.2 Å². The third-order valence-corrected chi connectivity index (χ3v) is 5.89. The Kier molecular flexibility index (Phi) is 7.93. The van der Waals surface area contributed by atoms with Gasteiger partial charge in [-0.3, -0.25) is 9.10 Å².